The van der Waals surface area contributed by atoms with E-state index in [1.165, 1.54) is 0 Å². The van der Waals surface area contributed by atoms with Gasteiger partial charge in [0.05, 0.1) is 6.54 Å². The Morgan fingerprint density at radius 2 is 1.91 bits per heavy atom. The van der Waals surface area contributed by atoms with E-state index < -0.39 is 0 Å². The molecule has 1 aromatic rings. The average Bonchev–Trinajstić information content (AvgIpc) is 2.53. The first-order valence-electron chi connectivity index (χ1n) is 7.65. The molecule has 0 saturated carbocycles. The topological polar surface area (TPSA) is 60.5 Å². The van der Waals surface area contributed by atoms with Gasteiger partial charge in [-0.15, -0.1) is 24.8 Å². The Labute approximate surface area is 150 Å². The van der Waals surface area contributed by atoms with Crippen molar-refractivity contribution < 1.29 is 4.79 Å². The highest BCUT2D eigenvalue weighted by atomic mass is 35.5. The number of hydrogen-bond acceptors (Lipinski definition) is 5. The molecule has 8 heteroatoms. The lowest BCUT2D eigenvalue weighted by atomic mass is 10.3. The second kappa shape index (κ2) is 12.4. The van der Waals surface area contributed by atoms with Gasteiger partial charge >= 0.3 is 0 Å². The lowest BCUT2D eigenvalue weighted by Crippen LogP contribution is -2.50. The third kappa shape index (κ3) is 7.83. The fraction of sp³-hybridized carbons (Fsp3) is 0.600. The number of anilines is 1. The van der Waals surface area contributed by atoms with Crippen molar-refractivity contribution in [1.82, 2.24) is 20.5 Å². The number of pyridine rings is 1. The molecular formula is C15H27Cl2N5O. The molecule has 0 aromatic carbocycles. The summed E-state index contributed by atoms with van der Waals surface area (Å²) >= 11 is 0. The number of piperazine rings is 1. The Morgan fingerprint density at radius 1 is 1.17 bits per heavy atom. The second-order valence-corrected chi connectivity index (χ2v) is 5.15. The zero-order valence-corrected chi connectivity index (χ0v) is 15.2. The standard InChI is InChI=1S/C15H25N5O.2ClH/c1-2-16-7-8-18-15(21)13-19-9-11-20(12-10-19)14-5-3-4-6-17-14;;/h3-6,16H,2,7-13H2,1H3,(H,18,21);2*1H. The highest BCUT2D eigenvalue weighted by molar-refractivity contribution is 5.85. The molecule has 1 saturated heterocycles. The van der Waals surface area contributed by atoms with E-state index in [1.807, 2.05) is 24.4 Å². The van der Waals surface area contributed by atoms with Gasteiger partial charge in [-0.25, -0.2) is 4.98 Å². The highest BCUT2D eigenvalue weighted by Crippen LogP contribution is 2.11. The average molecular weight is 364 g/mol. The number of carbonyl (C=O) groups is 1. The largest absolute Gasteiger partial charge is 0.354 e. The van der Waals surface area contributed by atoms with Crippen molar-refractivity contribution in [2.24, 2.45) is 0 Å². The summed E-state index contributed by atoms with van der Waals surface area (Å²) in [5.41, 5.74) is 0. The van der Waals surface area contributed by atoms with Crippen molar-refractivity contribution in [2.75, 3.05) is 57.3 Å². The van der Waals surface area contributed by atoms with Crippen LogP contribution in [0.5, 0.6) is 0 Å². The molecule has 1 aromatic heterocycles. The van der Waals surface area contributed by atoms with Crippen molar-refractivity contribution in [3.05, 3.63) is 24.4 Å². The number of amides is 1. The minimum absolute atomic E-state index is 0. The monoisotopic (exact) mass is 363 g/mol. The van der Waals surface area contributed by atoms with E-state index in [1.54, 1.807) is 0 Å². The number of halogens is 2. The molecule has 23 heavy (non-hydrogen) atoms. The van der Waals surface area contributed by atoms with Gasteiger partial charge in [0.25, 0.3) is 0 Å². The fourth-order valence-electron chi connectivity index (χ4n) is 2.40. The van der Waals surface area contributed by atoms with Gasteiger partial charge in [0.1, 0.15) is 5.82 Å². The number of aromatic nitrogens is 1. The van der Waals surface area contributed by atoms with E-state index in [9.17, 15) is 4.79 Å². The van der Waals surface area contributed by atoms with Crippen LogP contribution in [0.1, 0.15) is 6.92 Å². The smallest absolute Gasteiger partial charge is 0.234 e. The molecule has 1 fully saturated rings. The van der Waals surface area contributed by atoms with Crippen molar-refractivity contribution in [3.63, 3.8) is 0 Å². The van der Waals surface area contributed by atoms with Crippen LogP contribution in [-0.2, 0) is 4.79 Å². The van der Waals surface area contributed by atoms with Crippen LogP contribution in [0.4, 0.5) is 5.82 Å². The molecule has 0 bridgehead atoms. The first-order valence-corrected chi connectivity index (χ1v) is 7.65. The quantitative estimate of drug-likeness (QED) is 0.700. The van der Waals surface area contributed by atoms with E-state index in [2.05, 4.69) is 32.3 Å². The Balaban J connectivity index is 0.00000242. The molecule has 2 N–H and O–H groups in total. The first-order chi connectivity index (χ1) is 10.3. The van der Waals surface area contributed by atoms with Gasteiger partial charge in [0.2, 0.25) is 5.91 Å². The highest BCUT2D eigenvalue weighted by Gasteiger charge is 2.19. The van der Waals surface area contributed by atoms with Crippen molar-refractivity contribution >= 4 is 36.5 Å². The maximum Gasteiger partial charge on any atom is 0.234 e. The SMILES string of the molecule is CCNCCNC(=O)CN1CCN(c2ccccn2)CC1.Cl.Cl. The molecule has 0 aliphatic carbocycles. The third-order valence-electron chi connectivity index (χ3n) is 3.59. The lowest BCUT2D eigenvalue weighted by molar-refractivity contribution is -0.122. The predicted octanol–water partition coefficient (Wildman–Crippen LogP) is 0.773. The summed E-state index contributed by atoms with van der Waals surface area (Å²) in [4.78, 5) is 20.6. The number of nitrogens with zero attached hydrogens (tertiary/aromatic N) is 3. The van der Waals surface area contributed by atoms with Gasteiger partial charge in [-0.1, -0.05) is 13.0 Å². The summed E-state index contributed by atoms with van der Waals surface area (Å²) in [6, 6.07) is 5.97. The minimum atomic E-state index is 0. The van der Waals surface area contributed by atoms with Crippen LogP contribution in [0.2, 0.25) is 0 Å². The lowest BCUT2D eigenvalue weighted by Gasteiger charge is -2.34. The number of hydrogen-bond donors (Lipinski definition) is 2. The molecule has 132 valence electrons. The van der Waals surface area contributed by atoms with Crippen LogP contribution in [0.3, 0.4) is 0 Å². The van der Waals surface area contributed by atoms with Crippen molar-refractivity contribution in [1.29, 1.82) is 0 Å². The maximum absolute atomic E-state index is 11.8. The second-order valence-electron chi connectivity index (χ2n) is 5.15. The Morgan fingerprint density at radius 3 is 2.52 bits per heavy atom. The van der Waals surface area contributed by atoms with Gasteiger partial charge in [-0.2, -0.15) is 0 Å². The summed E-state index contributed by atoms with van der Waals surface area (Å²) in [7, 11) is 0. The fourth-order valence-corrected chi connectivity index (χ4v) is 2.40. The molecule has 1 amide bonds. The summed E-state index contributed by atoms with van der Waals surface area (Å²) in [5.74, 6) is 1.13. The van der Waals surface area contributed by atoms with Gasteiger partial charge in [0.15, 0.2) is 0 Å². The number of rotatable bonds is 7. The number of likely N-dealkylation sites (N-methyl/N-ethyl adjacent to an activating group) is 1. The Kier molecular flexibility index (Phi) is 11.8. The summed E-state index contributed by atoms with van der Waals surface area (Å²) in [6.45, 7) is 8.64. The molecule has 6 nitrogen and oxygen atoms in total. The molecule has 1 aliphatic rings. The summed E-state index contributed by atoms with van der Waals surface area (Å²) in [5, 5.41) is 6.13. The minimum Gasteiger partial charge on any atom is -0.354 e. The van der Waals surface area contributed by atoms with E-state index in [-0.39, 0.29) is 30.7 Å². The molecule has 0 atom stereocenters. The zero-order valence-electron chi connectivity index (χ0n) is 13.5. The van der Waals surface area contributed by atoms with Crippen LogP contribution >= 0.6 is 24.8 Å². The predicted molar refractivity (Wildman–Crippen MR) is 98.9 cm³/mol. The molecule has 0 unspecified atom stereocenters. The summed E-state index contributed by atoms with van der Waals surface area (Å²) in [6.07, 6.45) is 1.82. The molecule has 2 rings (SSSR count). The van der Waals surface area contributed by atoms with Gasteiger partial charge in [-0.3, -0.25) is 9.69 Å². The molecule has 0 spiro atoms. The molecular weight excluding hydrogens is 337 g/mol. The van der Waals surface area contributed by atoms with Crippen LogP contribution < -0.4 is 15.5 Å². The summed E-state index contributed by atoms with van der Waals surface area (Å²) < 4.78 is 0. The van der Waals surface area contributed by atoms with E-state index >= 15 is 0 Å². The van der Waals surface area contributed by atoms with E-state index in [0.29, 0.717) is 13.1 Å². The molecule has 2 heterocycles. The van der Waals surface area contributed by atoms with Gasteiger partial charge < -0.3 is 15.5 Å². The van der Waals surface area contributed by atoms with E-state index in [4.69, 9.17) is 0 Å². The normalized spacial score (nSPS) is 14.6. The number of carbonyl (C=O) groups excluding carboxylic acids is 1. The van der Waals surface area contributed by atoms with Crippen LogP contribution in [0.15, 0.2) is 24.4 Å². The van der Waals surface area contributed by atoms with Gasteiger partial charge in [0, 0.05) is 45.5 Å². The van der Waals surface area contributed by atoms with Crippen molar-refractivity contribution in [3.8, 4) is 0 Å². The van der Waals surface area contributed by atoms with Crippen molar-refractivity contribution in [2.45, 2.75) is 6.92 Å². The van der Waals surface area contributed by atoms with E-state index in [0.717, 1.165) is 45.1 Å². The third-order valence-corrected chi connectivity index (χ3v) is 3.59. The Hall–Kier alpha value is -1.08. The Bertz CT molecular complexity index is 427. The maximum atomic E-state index is 11.8. The van der Waals surface area contributed by atoms with Crippen LogP contribution in [0, 0.1) is 0 Å². The van der Waals surface area contributed by atoms with Gasteiger partial charge in [-0.05, 0) is 18.7 Å². The van der Waals surface area contributed by atoms with Crippen LogP contribution in [-0.4, -0.2) is 68.1 Å². The number of nitrogens with one attached hydrogen (secondary N) is 2. The first kappa shape index (κ1) is 21.9. The molecule has 1 aliphatic heterocycles. The molecule has 0 radical (unpaired) electrons. The zero-order chi connectivity index (χ0) is 14.9. The van der Waals surface area contributed by atoms with Crippen LogP contribution in [0.25, 0.3) is 0 Å².